The van der Waals surface area contributed by atoms with E-state index in [2.05, 4.69) is 11.0 Å². The molecule has 0 spiro atoms. The molecule has 0 bridgehead atoms. The van der Waals surface area contributed by atoms with Gasteiger partial charge in [-0.25, -0.2) is 0 Å². The van der Waals surface area contributed by atoms with Crippen LogP contribution in [0.15, 0.2) is 42.5 Å². The van der Waals surface area contributed by atoms with E-state index in [0.717, 1.165) is 24.3 Å². The van der Waals surface area contributed by atoms with Crippen molar-refractivity contribution in [3.05, 3.63) is 53.6 Å². The van der Waals surface area contributed by atoms with Gasteiger partial charge in [0.15, 0.2) is 11.5 Å². The van der Waals surface area contributed by atoms with Crippen LogP contribution in [0.3, 0.4) is 0 Å². The van der Waals surface area contributed by atoms with Crippen molar-refractivity contribution in [3.63, 3.8) is 0 Å². The van der Waals surface area contributed by atoms with E-state index in [9.17, 15) is 5.11 Å². The van der Waals surface area contributed by atoms with E-state index < -0.39 is 0 Å². The minimum absolute atomic E-state index is 0.162. The first-order valence-electron chi connectivity index (χ1n) is 6.47. The van der Waals surface area contributed by atoms with Gasteiger partial charge in [-0.05, 0) is 42.4 Å². The number of phenols is 1. The van der Waals surface area contributed by atoms with E-state index >= 15 is 0 Å². The fraction of sp³-hybridized carbons (Fsp3) is 0.250. The molecule has 0 aromatic heterocycles. The summed E-state index contributed by atoms with van der Waals surface area (Å²) in [4.78, 5) is 2.18. The van der Waals surface area contributed by atoms with Crippen LogP contribution in [-0.4, -0.2) is 24.2 Å². The quantitative estimate of drug-likeness (QED) is 0.821. The molecule has 0 aliphatic heterocycles. The maximum Gasteiger partial charge on any atom is 0.160 e. The van der Waals surface area contributed by atoms with Gasteiger partial charge in [-0.3, -0.25) is 4.90 Å². The second-order valence-corrected chi connectivity index (χ2v) is 4.92. The molecule has 0 fully saturated rings. The van der Waals surface area contributed by atoms with Crippen molar-refractivity contribution in [2.24, 2.45) is 0 Å². The predicted molar refractivity (Wildman–Crippen MR) is 80.7 cm³/mol. The number of rotatable bonds is 5. The summed E-state index contributed by atoms with van der Waals surface area (Å²) in [6, 6.07) is 13.3. The van der Waals surface area contributed by atoms with E-state index in [1.807, 2.05) is 37.4 Å². The van der Waals surface area contributed by atoms with Crippen LogP contribution in [0.2, 0.25) is 0 Å². The zero-order valence-electron chi connectivity index (χ0n) is 11.8. The van der Waals surface area contributed by atoms with E-state index in [1.165, 1.54) is 5.56 Å². The smallest absolute Gasteiger partial charge is 0.160 e. The van der Waals surface area contributed by atoms with Crippen LogP contribution in [0.25, 0.3) is 0 Å². The number of nitrogens with two attached hydrogens (primary N) is 1. The summed E-state index contributed by atoms with van der Waals surface area (Å²) in [6.07, 6.45) is 0. The van der Waals surface area contributed by atoms with Crippen LogP contribution >= 0.6 is 0 Å². The third-order valence-electron chi connectivity index (χ3n) is 3.10. The Hall–Kier alpha value is -2.20. The molecule has 3 N–H and O–H groups in total. The second kappa shape index (κ2) is 6.30. The Kier molecular flexibility index (Phi) is 4.48. The number of hydrogen-bond acceptors (Lipinski definition) is 4. The molecule has 106 valence electrons. The summed E-state index contributed by atoms with van der Waals surface area (Å²) in [5.74, 6) is 0.662. The molecule has 2 rings (SSSR count). The molecule has 2 aromatic carbocycles. The van der Waals surface area contributed by atoms with E-state index in [1.54, 1.807) is 13.2 Å². The van der Waals surface area contributed by atoms with Gasteiger partial charge in [0.1, 0.15) is 0 Å². The largest absolute Gasteiger partial charge is 0.504 e. The Balaban J connectivity index is 2.02. The van der Waals surface area contributed by atoms with Crippen LogP contribution in [0.4, 0.5) is 5.69 Å². The standard InChI is InChI=1S/C16H20N2O2/c1-18(10-12-4-3-5-14(17)8-12)11-13-6-7-15(19)16(9-13)20-2/h3-9,19H,10-11,17H2,1-2H3. The molecular weight excluding hydrogens is 252 g/mol. The SMILES string of the molecule is COc1cc(CN(C)Cc2cccc(N)c2)ccc1O. The number of nitrogens with zero attached hydrogens (tertiary/aromatic N) is 1. The maximum absolute atomic E-state index is 9.58. The summed E-state index contributed by atoms with van der Waals surface area (Å²) in [5.41, 5.74) is 8.83. The molecular formula is C16H20N2O2. The van der Waals surface area contributed by atoms with Gasteiger partial charge in [-0.2, -0.15) is 0 Å². The average Bonchev–Trinajstić information content (AvgIpc) is 2.41. The van der Waals surface area contributed by atoms with Crippen molar-refractivity contribution in [2.75, 3.05) is 19.9 Å². The number of hydrogen-bond donors (Lipinski definition) is 2. The number of aromatic hydroxyl groups is 1. The number of phenolic OH excluding ortho intramolecular Hbond substituents is 1. The van der Waals surface area contributed by atoms with Gasteiger partial charge in [0, 0.05) is 18.8 Å². The van der Waals surface area contributed by atoms with Crippen molar-refractivity contribution in [3.8, 4) is 11.5 Å². The first kappa shape index (κ1) is 14.2. The molecule has 0 aliphatic rings. The molecule has 0 atom stereocenters. The summed E-state index contributed by atoms with van der Waals surface area (Å²) in [5, 5.41) is 9.58. The normalized spacial score (nSPS) is 10.8. The Labute approximate surface area is 119 Å². The van der Waals surface area contributed by atoms with E-state index in [4.69, 9.17) is 10.5 Å². The highest BCUT2D eigenvalue weighted by Gasteiger charge is 2.06. The van der Waals surface area contributed by atoms with Gasteiger partial charge in [0.2, 0.25) is 0 Å². The van der Waals surface area contributed by atoms with Gasteiger partial charge in [-0.15, -0.1) is 0 Å². The molecule has 4 nitrogen and oxygen atoms in total. The number of ether oxygens (including phenoxy) is 1. The Bertz CT molecular complexity index is 584. The highest BCUT2D eigenvalue weighted by Crippen LogP contribution is 2.26. The summed E-state index contributed by atoms with van der Waals surface area (Å²) in [6.45, 7) is 1.58. The Morgan fingerprint density at radius 3 is 2.45 bits per heavy atom. The fourth-order valence-corrected chi connectivity index (χ4v) is 2.19. The zero-order valence-corrected chi connectivity index (χ0v) is 11.8. The van der Waals surface area contributed by atoms with Gasteiger partial charge < -0.3 is 15.6 Å². The van der Waals surface area contributed by atoms with Gasteiger partial charge >= 0.3 is 0 Å². The first-order chi connectivity index (χ1) is 9.58. The van der Waals surface area contributed by atoms with Crippen molar-refractivity contribution in [1.82, 2.24) is 4.90 Å². The summed E-state index contributed by atoms with van der Waals surface area (Å²) in [7, 11) is 3.60. The van der Waals surface area contributed by atoms with Crippen LogP contribution in [0.1, 0.15) is 11.1 Å². The molecule has 0 aliphatic carbocycles. The average molecular weight is 272 g/mol. The molecule has 0 unspecified atom stereocenters. The van der Waals surface area contributed by atoms with Crippen LogP contribution in [0.5, 0.6) is 11.5 Å². The lowest BCUT2D eigenvalue weighted by Crippen LogP contribution is -2.17. The van der Waals surface area contributed by atoms with E-state index in [0.29, 0.717) is 5.75 Å². The lowest BCUT2D eigenvalue weighted by atomic mass is 10.1. The van der Waals surface area contributed by atoms with Gasteiger partial charge in [0.25, 0.3) is 0 Å². The fourth-order valence-electron chi connectivity index (χ4n) is 2.19. The Morgan fingerprint density at radius 1 is 1.10 bits per heavy atom. The Morgan fingerprint density at radius 2 is 1.80 bits per heavy atom. The first-order valence-corrected chi connectivity index (χ1v) is 6.47. The molecule has 20 heavy (non-hydrogen) atoms. The monoisotopic (exact) mass is 272 g/mol. The number of benzene rings is 2. The lowest BCUT2D eigenvalue weighted by Gasteiger charge is -2.17. The molecule has 4 heteroatoms. The number of anilines is 1. The van der Waals surface area contributed by atoms with Crippen molar-refractivity contribution in [2.45, 2.75) is 13.1 Å². The number of methoxy groups -OCH3 is 1. The molecule has 0 radical (unpaired) electrons. The topological polar surface area (TPSA) is 58.7 Å². The third kappa shape index (κ3) is 3.65. The highest BCUT2D eigenvalue weighted by atomic mass is 16.5. The van der Waals surface area contributed by atoms with Crippen LogP contribution in [-0.2, 0) is 13.1 Å². The van der Waals surface area contributed by atoms with E-state index in [-0.39, 0.29) is 5.75 Å². The third-order valence-corrected chi connectivity index (χ3v) is 3.10. The van der Waals surface area contributed by atoms with Crippen LogP contribution < -0.4 is 10.5 Å². The molecule has 0 heterocycles. The van der Waals surface area contributed by atoms with Gasteiger partial charge in [0.05, 0.1) is 7.11 Å². The minimum atomic E-state index is 0.162. The molecule has 0 saturated carbocycles. The molecule has 0 amide bonds. The highest BCUT2D eigenvalue weighted by molar-refractivity contribution is 5.42. The second-order valence-electron chi connectivity index (χ2n) is 4.92. The number of nitrogen functional groups attached to an aromatic ring is 1. The minimum Gasteiger partial charge on any atom is -0.504 e. The lowest BCUT2D eigenvalue weighted by molar-refractivity contribution is 0.317. The summed E-state index contributed by atoms with van der Waals surface area (Å²) >= 11 is 0. The maximum atomic E-state index is 9.58. The molecule has 2 aromatic rings. The predicted octanol–water partition coefficient (Wildman–Crippen LogP) is 2.62. The van der Waals surface area contributed by atoms with Crippen LogP contribution in [0, 0.1) is 0 Å². The molecule has 0 saturated heterocycles. The van der Waals surface area contributed by atoms with Crippen molar-refractivity contribution >= 4 is 5.69 Å². The summed E-state index contributed by atoms with van der Waals surface area (Å²) < 4.78 is 5.12. The van der Waals surface area contributed by atoms with Gasteiger partial charge in [-0.1, -0.05) is 18.2 Å². The van der Waals surface area contributed by atoms with Crippen molar-refractivity contribution in [1.29, 1.82) is 0 Å². The zero-order chi connectivity index (χ0) is 14.5. The van der Waals surface area contributed by atoms with Crippen molar-refractivity contribution < 1.29 is 9.84 Å².